The summed E-state index contributed by atoms with van der Waals surface area (Å²) < 4.78 is 5.02. The number of nitrogens with zero attached hydrogens (tertiary/aromatic N) is 3. The van der Waals surface area contributed by atoms with Crippen molar-refractivity contribution in [3.8, 4) is 6.07 Å². The average Bonchev–Trinajstić information content (AvgIpc) is 2.79. The molecule has 0 aromatic heterocycles. The Morgan fingerprint density at radius 3 is 2.60 bits per heavy atom. The van der Waals surface area contributed by atoms with Gasteiger partial charge in [-0.15, -0.1) is 0 Å². The maximum atomic E-state index is 12.9. The lowest BCUT2D eigenvalue weighted by Crippen LogP contribution is -2.47. The van der Waals surface area contributed by atoms with Crippen molar-refractivity contribution in [2.45, 2.75) is 19.3 Å². The van der Waals surface area contributed by atoms with Gasteiger partial charge >= 0.3 is 5.97 Å². The highest BCUT2D eigenvalue weighted by Gasteiger charge is 2.38. The Morgan fingerprint density at radius 2 is 1.93 bits per heavy atom. The minimum absolute atomic E-state index is 0.0122. The van der Waals surface area contributed by atoms with Crippen LogP contribution >= 0.6 is 11.8 Å². The molecule has 0 N–H and O–H groups in total. The molecule has 2 aliphatic rings. The number of benzene rings is 2. The lowest BCUT2D eigenvalue weighted by molar-refractivity contribution is -0.129. The number of thioether (sulfide) groups is 1. The van der Waals surface area contributed by atoms with E-state index in [1.165, 1.54) is 11.8 Å². The number of allylic oxidation sites excluding steroid dienone is 1. The molecule has 2 heterocycles. The summed E-state index contributed by atoms with van der Waals surface area (Å²) in [5.74, 6) is 0.0834. The molecule has 2 aromatic rings. The highest BCUT2D eigenvalue weighted by atomic mass is 32.2. The van der Waals surface area contributed by atoms with Crippen LogP contribution in [-0.2, 0) is 9.53 Å². The number of carbonyl (C=O) groups is 2. The van der Waals surface area contributed by atoms with E-state index < -0.39 is 0 Å². The second kappa shape index (κ2) is 8.64. The molecule has 152 valence electrons. The Morgan fingerprint density at radius 1 is 1.20 bits per heavy atom. The number of fused-ring (bicyclic) bond motifs is 1. The molecule has 7 heteroatoms. The molecule has 1 fully saturated rings. The van der Waals surface area contributed by atoms with Crippen LogP contribution in [0.25, 0.3) is 0 Å². The molecular weight excluding hydrogens is 398 g/mol. The van der Waals surface area contributed by atoms with Gasteiger partial charge in [-0.3, -0.25) is 9.69 Å². The van der Waals surface area contributed by atoms with Crippen molar-refractivity contribution < 1.29 is 14.3 Å². The summed E-state index contributed by atoms with van der Waals surface area (Å²) >= 11 is 1.50. The van der Waals surface area contributed by atoms with E-state index >= 15 is 0 Å². The van der Waals surface area contributed by atoms with Gasteiger partial charge in [0.15, 0.2) is 0 Å². The zero-order chi connectivity index (χ0) is 21.1. The average molecular weight is 420 g/mol. The summed E-state index contributed by atoms with van der Waals surface area (Å²) in [4.78, 5) is 28.6. The second-order valence-electron chi connectivity index (χ2n) is 7.04. The number of nitriles is 1. The molecule has 0 bridgehead atoms. The van der Waals surface area contributed by atoms with Gasteiger partial charge in [0.25, 0.3) is 0 Å². The Kier molecular flexibility index (Phi) is 5.77. The van der Waals surface area contributed by atoms with Gasteiger partial charge in [0, 0.05) is 18.0 Å². The monoisotopic (exact) mass is 419 g/mol. The van der Waals surface area contributed by atoms with Crippen molar-refractivity contribution in [1.82, 2.24) is 4.90 Å². The summed E-state index contributed by atoms with van der Waals surface area (Å²) in [5.41, 5.74) is 3.05. The minimum Gasteiger partial charge on any atom is -0.462 e. The first-order valence-corrected chi connectivity index (χ1v) is 10.8. The first-order chi connectivity index (χ1) is 14.6. The van der Waals surface area contributed by atoms with Gasteiger partial charge in [0.05, 0.1) is 41.4 Å². The van der Waals surface area contributed by atoms with Crippen LogP contribution in [0, 0.1) is 11.3 Å². The molecule has 1 saturated heterocycles. The van der Waals surface area contributed by atoms with Crippen LogP contribution in [0.4, 0.5) is 5.69 Å². The zero-order valence-electron chi connectivity index (χ0n) is 16.6. The van der Waals surface area contributed by atoms with Crippen LogP contribution in [0.3, 0.4) is 0 Å². The van der Waals surface area contributed by atoms with Crippen LogP contribution in [0.5, 0.6) is 0 Å². The maximum Gasteiger partial charge on any atom is 0.338 e. The third-order valence-corrected chi connectivity index (χ3v) is 6.39. The number of hydrogen-bond donors (Lipinski definition) is 0. The van der Waals surface area contributed by atoms with Crippen LogP contribution in [0.2, 0.25) is 0 Å². The molecule has 0 radical (unpaired) electrons. The number of ether oxygens (including phenoxy) is 1. The van der Waals surface area contributed by atoms with Crippen LogP contribution in [0.15, 0.2) is 65.2 Å². The maximum absolute atomic E-state index is 12.9. The Balaban J connectivity index is 1.57. The summed E-state index contributed by atoms with van der Waals surface area (Å²) in [6.07, 6.45) is 0.284. The van der Waals surface area contributed by atoms with E-state index in [2.05, 4.69) is 11.0 Å². The lowest BCUT2D eigenvalue weighted by atomic mass is 9.86. The van der Waals surface area contributed by atoms with E-state index in [4.69, 9.17) is 4.74 Å². The van der Waals surface area contributed by atoms with E-state index in [9.17, 15) is 14.9 Å². The molecule has 4 rings (SSSR count). The van der Waals surface area contributed by atoms with Crippen LogP contribution in [0.1, 0.15) is 35.2 Å². The Labute approximate surface area is 179 Å². The third kappa shape index (κ3) is 3.79. The number of anilines is 1. The predicted molar refractivity (Wildman–Crippen MR) is 115 cm³/mol. The highest BCUT2D eigenvalue weighted by molar-refractivity contribution is 8.03. The van der Waals surface area contributed by atoms with Gasteiger partial charge in [0.1, 0.15) is 0 Å². The van der Waals surface area contributed by atoms with Gasteiger partial charge in [-0.25, -0.2) is 4.79 Å². The Hall–Kier alpha value is -3.24. The number of hydrogen-bond acceptors (Lipinski definition) is 6. The van der Waals surface area contributed by atoms with Crippen molar-refractivity contribution in [2.75, 3.05) is 24.1 Å². The molecule has 0 spiro atoms. The van der Waals surface area contributed by atoms with Crippen molar-refractivity contribution in [2.24, 2.45) is 0 Å². The standard InChI is InChI=1S/C23H21N3O3S/c1-2-29-23(28)17-8-10-18(11-9-17)25-14-26-21(27)12-19(16-6-4-3-5-7-16)20(13-24)22(26)30-15-25/h3-11,19H,2,12,14-15H2,1H3/t19-/m0/s1. The first kappa shape index (κ1) is 20.0. The van der Waals surface area contributed by atoms with Gasteiger partial charge in [-0.05, 0) is 36.8 Å². The molecule has 1 amide bonds. The van der Waals surface area contributed by atoms with Gasteiger partial charge in [-0.2, -0.15) is 5.26 Å². The van der Waals surface area contributed by atoms with Gasteiger partial charge in [-0.1, -0.05) is 42.1 Å². The number of amides is 1. The molecular formula is C23H21N3O3S. The molecule has 2 aromatic carbocycles. The van der Waals surface area contributed by atoms with E-state index in [0.29, 0.717) is 30.3 Å². The van der Waals surface area contributed by atoms with Crippen LogP contribution < -0.4 is 4.90 Å². The van der Waals surface area contributed by atoms with Crippen LogP contribution in [-0.4, -0.2) is 35.9 Å². The number of esters is 1. The fourth-order valence-corrected chi connectivity index (χ4v) is 4.89. The summed E-state index contributed by atoms with van der Waals surface area (Å²) in [7, 11) is 0. The third-order valence-electron chi connectivity index (χ3n) is 5.24. The molecule has 0 saturated carbocycles. The minimum atomic E-state index is -0.348. The topological polar surface area (TPSA) is 73.6 Å². The smallest absolute Gasteiger partial charge is 0.338 e. The van der Waals surface area contributed by atoms with Gasteiger partial charge in [0.2, 0.25) is 5.91 Å². The fraction of sp³-hybridized carbons (Fsp3) is 0.261. The number of rotatable bonds is 4. The zero-order valence-corrected chi connectivity index (χ0v) is 17.4. The number of carbonyl (C=O) groups excluding carboxylic acids is 2. The van der Waals surface area contributed by atoms with Crippen molar-refractivity contribution in [3.05, 3.63) is 76.3 Å². The molecule has 1 atom stereocenters. The van der Waals surface area contributed by atoms with Crippen molar-refractivity contribution in [3.63, 3.8) is 0 Å². The summed E-state index contributed by atoms with van der Waals surface area (Å²) in [5, 5.41) is 10.6. The van der Waals surface area contributed by atoms with E-state index in [1.807, 2.05) is 42.5 Å². The van der Waals surface area contributed by atoms with Crippen molar-refractivity contribution >= 4 is 29.3 Å². The molecule has 2 aliphatic heterocycles. The fourth-order valence-electron chi connectivity index (χ4n) is 3.72. The van der Waals surface area contributed by atoms with E-state index in [0.717, 1.165) is 16.3 Å². The molecule has 0 aliphatic carbocycles. The second-order valence-corrected chi connectivity index (χ2v) is 7.98. The predicted octanol–water partition coefficient (Wildman–Crippen LogP) is 4.08. The lowest BCUT2D eigenvalue weighted by Gasteiger charge is -2.42. The Bertz CT molecular complexity index is 1030. The van der Waals surface area contributed by atoms with Crippen molar-refractivity contribution in [1.29, 1.82) is 5.26 Å². The molecule has 0 unspecified atom stereocenters. The molecule has 30 heavy (non-hydrogen) atoms. The van der Waals surface area contributed by atoms with E-state index in [-0.39, 0.29) is 24.2 Å². The first-order valence-electron chi connectivity index (χ1n) is 9.77. The molecule has 6 nitrogen and oxygen atoms in total. The van der Waals surface area contributed by atoms with Gasteiger partial charge < -0.3 is 9.64 Å². The summed E-state index contributed by atoms with van der Waals surface area (Å²) in [6, 6.07) is 19.3. The highest BCUT2D eigenvalue weighted by Crippen LogP contribution is 2.43. The normalized spacial score (nSPS) is 18.7. The SMILES string of the molecule is CCOC(=O)c1ccc(N2CSC3=C(C#N)[C@H](c4ccccc4)CC(=O)N3C2)cc1. The summed E-state index contributed by atoms with van der Waals surface area (Å²) in [6.45, 7) is 2.49. The largest absolute Gasteiger partial charge is 0.462 e. The quantitative estimate of drug-likeness (QED) is 0.695. The van der Waals surface area contributed by atoms with E-state index in [1.54, 1.807) is 24.0 Å².